The number of aryl methyl sites for hydroxylation is 1. The molecule has 2 aromatic rings. The Balaban J connectivity index is 2.35. The van der Waals surface area contributed by atoms with Crippen molar-refractivity contribution in [1.82, 2.24) is 0 Å². The van der Waals surface area contributed by atoms with Crippen molar-refractivity contribution in [1.29, 1.82) is 0 Å². The van der Waals surface area contributed by atoms with Crippen LogP contribution in [0.4, 0.5) is 0 Å². The van der Waals surface area contributed by atoms with Gasteiger partial charge in [0.25, 0.3) is 0 Å². The van der Waals surface area contributed by atoms with Crippen LogP contribution in [0.5, 0.6) is 11.5 Å². The van der Waals surface area contributed by atoms with Crippen LogP contribution in [0.15, 0.2) is 36.4 Å². The van der Waals surface area contributed by atoms with Gasteiger partial charge in [-0.15, -0.1) is 0 Å². The van der Waals surface area contributed by atoms with Crippen LogP contribution in [0.1, 0.15) is 48.9 Å². The summed E-state index contributed by atoms with van der Waals surface area (Å²) in [6.45, 7) is 9.51. The fourth-order valence-corrected chi connectivity index (χ4v) is 3.16. The van der Waals surface area contributed by atoms with Crippen LogP contribution in [0.2, 0.25) is 0 Å². The van der Waals surface area contributed by atoms with Crippen molar-refractivity contribution >= 4 is 0 Å². The normalized spacial score (nSPS) is 12.8. The van der Waals surface area contributed by atoms with Gasteiger partial charge in [-0.2, -0.15) is 0 Å². The van der Waals surface area contributed by atoms with E-state index in [1.54, 1.807) is 14.2 Å². The molecule has 0 aromatic heterocycles. The Morgan fingerprint density at radius 1 is 0.960 bits per heavy atom. The monoisotopic (exact) mass is 341 g/mol. The number of ether oxygens (including phenoxy) is 2. The van der Waals surface area contributed by atoms with Crippen molar-refractivity contribution < 1.29 is 9.47 Å². The van der Waals surface area contributed by atoms with E-state index in [4.69, 9.17) is 15.2 Å². The lowest BCUT2D eigenvalue weighted by Crippen LogP contribution is -2.18. The maximum atomic E-state index is 6.15. The van der Waals surface area contributed by atoms with Crippen LogP contribution >= 0.6 is 0 Å². The van der Waals surface area contributed by atoms with Crippen molar-refractivity contribution in [2.45, 2.75) is 45.4 Å². The van der Waals surface area contributed by atoms with Crippen LogP contribution in [0.25, 0.3) is 0 Å². The summed E-state index contributed by atoms with van der Waals surface area (Å²) in [6, 6.07) is 12.9. The number of benzene rings is 2. The zero-order valence-corrected chi connectivity index (χ0v) is 16.3. The summed E-state index contributed by atoms with van der Waals surface area (Å²) in [5, 5.41) is 0. The number of rotatable bonds is 6. The van der Waals surface area contributed by atoms with Gasteiger partial charge in [0.2, 0.25) is 0 Å². The Morgan fingerprint density at radius 3 is 2.20 bits per heavy atom. The molecule has 0 radical (unpaired) electrons. The first-order chi connectivity index (χ1) is 11.8. The first-order valence-corrected chi connectivity index (χ1v) is 8.82. The van der Waals surface area contributed by atoms with Crippen molar-refractivity contribution in [3.8, 4) is 11.5 Å². The molecule has 2 N–H and O–H groups in total. The van der Waals surface area contributed by atoms with Crippen molar-refractivity contribution in [2.75, 3.05) is 20.8 Å². The highest BCUT2D eigenvalue weighted by Crippen LogP contribution is 2.32. The molecule has 2 rings (SSSR count). The van der Waals surface area contributed by atoms with Crippen LogP contribution in [0.3, 0.4) is 0 Å². The quantitative estimate of drug-likeness (QED) is 0.835. The minimum atomic E-state index is 0.130. The van der Waals surface area contributed by atoms with Gasteiger partial charge in [-0.1, -0.05) is 45.0 Å². The molecule has 136 valence electrons. The first kappa shape index (κ1) is 19.3. The minimum Gasteiger partial charge on any atom is -0.493 e. The number of methoxy groups -OCH3 is 2. The number of hydrogen-bond donors (Lipinski definition) is 1. The second-order valence-corrected chi connectivity index (χ2v) is 7.65. The highest BCUT2D eigenvalue weighted by Gasteiger charge is 2.19. The molecule has 1 atom stereocenters. The Hall–Kier alpha value is -2.00. The number of nitrogens with two attached hydrogens (primary N) is 1. The maximum Gasteiger partial charge on any atom is 0.160 e. The van der Waals surface area contributed by atoms with Crippen LogP contribution in [-0.2, 0) is 11.8 Å². The average Bonchev–Trinajstić information content (AvgIpc) is 2.59. The van der Waals surface area contributed by atoms with Gasteiger partial charge in [-0.25, -0.2) is 0 Å². The fraction of sp³-hybridized carbons (Fsp3) is 0.455. The van der Waals surface area contributed by atoms with E-state index in [-0.39, 0.29) is 11.3 Å². The zero-order chi connectivity index (χ0) is 18.6. The minimum absolute atomic E-state index is 0.130. The Labute approximate surface area is 152 Å². The summed E-state index contributed by atoms with van der Waals surface area (Å²) < 4.78 is 10.8. The lowest BCUT2D eigenvalue weighted by Gasteiger charge is -2.24. The molecule has 0 aliphatic heterocycles. The molecule has 0 aliphatic rings. The first-order valence-electron chi connectivity index (χ1n) is 8.82. The van der Waals surface area contributed by atoms with Crippen LogP contribution in [0, 0.1) is 6.92 Å². The summed E-state index contributed by atoms with van der Waals surface area (Å²) >= 11 is 0. The Bertz CT molecular complexity index is 716. The second kappa shape index (κ2) is 7.92. The molecular weight excluding hydrogens is 310 g/mol. The van der Waals surface area contributed by atoms with Gasteiger partial charge in [0, 0.05) is 5.92 Å². The predicted octanol–water partition coefficient (Wildman–Crippen LogP) is 4.59. The molecule has 0 aliphatic carbocycles. The van der Waals surface area contributed by atoms with Gasteiger partial charge < -0.3 is 15.2 Å². The third-order valence-electron chi connectivity index (χ3n) is 4.80. The Kier molecular flexibility index (Phi) is 6.12. The molecule has 0 heterocycles. The van der Waals surface area contributed by atoms with Gasteiger partial charge in [0.05, 0.1) is 14.2 Å². The van der Waals surface area contributed by atoms with Gasteiger partial charge in [0.15, 0.2) is 11.5 Å². The van der Waals surface area contributed by atoms with E-state index in [1.807, 2.05) is 12.1 Å². The third-order valence-corrected chi connectivity index (χ3v) is 4.80. The third kappa shape index (κ3) is 4.55. The lowest BCUT2D eigenvalue weighted by atomic mass is 9.81. The van der Waals surface area contributed by atoms with Gasteiger partial charge in [0.1, 0.15) is 0 Å². The molecule has 1 unspecified atom stereocenters. The second-order valence-electron chi connectivity index (χ2n) is 7.65. The van der Waals surface area contributed by atoms with Gasteiger partial charge in [-0.3, -0.25) is 0 Å². The summed E-state index contributed by atoms with van der Waals surface area (Å²) in [4.78, 5) is 0. The van der Waals surface area contributed by atoms with Crippen LogP contribution < -0.4 is 15.2 Å². The molecule has 25 heavy (non-hydrogen) atoms. The van der Waals surface area contributed by atoms with E-state index in [1.165, 1.54) is 22.3 Å². The van der Waals surface area contributed by atoms with E-state index < -0.39 is 0 Å². The maximum absolute atomic E-state index is 6.15. The molecule has 3 nitrogen and oxygen atoms in total. The fourth-order valence-electron chi connectivity index (χ4n) is 3.16. The highest BCUT2D eigenvalue weighted by molar-refractivity contribution is 5.44. The largest absolute Gasteiger partial charge is 0.493 e. The van der Waals surface area contributed by atoms with Crippen molar-refractivity contribution in [2.24, 2.45) is 5.73 Å². The van der Waals surface area contributed by atoms with Gasteiger partial charge >= 0.3 is 0 Å². The lowest BCUT2D eigenvalue weighted by molar-refractivity contribution is 0.354. The van der Waals surface area contributed by atoms with E-state index >= 15 is 0 Å². The summed E-state index contributed by atoms with van der Waals surface area (Å²) in [7, 11) is 3.32. The van der Waals surface area contributed by atoms with Crippen LogP contribution in [-0.4, -0.2) is 20.8 Å². The summed E-state index contributed by atoms with van der Waals surface area (Å²) in [5.41, 5.74) is 11.5. The van der Waals surface area contributed by atoms with Crippen molar-refractivity contribution in [3.63, 3.8) is 0 Å². The van der Waals surface area contributed by atoms with Gasteiger partial charge in [-0.05, 0) is 59.7 Å². The standard InChI is InChI=1S/C22H31NO2/c1-15-7-9-18(22(2,3)4)13-19(15)17(14-23)11-16-8-10-20(24-5)21(12-16)25-6/h7-10,12-13,17H,11,14,23H2,1-6H3. The molecule has 0 saturated carbocycles. The molecule has 0 amide bonds. The number of hydrogen-bond acceptors (Lipinski definition) is 3. The molecule has 0 fully saturated rings. The van der Waals surface area contributed by atoms with E-state index in [9.17, 15) is 0 Å². The molecule has 0 bridgehead atoms. The molecular formula is C22H31NO2. The molecule has 0 saturated heterocycles. The SMILES string of the molecule is COc1ccc(CC(CN)c2cc(C(C)(C)C)ccc2C)cc1OC. The predicted molar refractivity (Wildman–Crippen MR) is 105 cm³/mol. The zero-order valence-electron chi connectivity index (χ0n) is 16.3. The smallest absolute Gasteiger partial charge is 0.160 e. The highest BCUT2D eigenvalue weighted by atomic mass is 16.5. The van der Waals surface area contributed by atoms with E-state index in [0.717, 1.165) is 17.9 Å². The van der Waals surface area contributed by atoms with E-state index in [0.29, 0.717) is 6.54 Å². The molecule has 3 heteroatoms. The Morgan fingerprint density at radius 2 is 1.64 bits per heavy atom. The van der Waals surface area contributed by atoms with Crippen molar-refractivity contribution in [3.05, 3.63) is 58.7 Å². The molecule has 2 aromatic carbocycles. The summed E-state index contributed by atoms with van der Waals surface area (Å²) in [6.07, 6.45) is 0.880. The topological polar surface area (TPSA) is 44.5 Å². The average molecular weight is 341 g/mol. The molecule has 0 spiro atoms. The summed E-state index contributed by atoms with van der Waals surface area (Å²) in [5.74, 6) is 1.79. The van der Waals surface area contributed by atoms with E-state index in [2.05, 4.69) is 52.0 Å².